The van der Waals surface area contributed by atoms with Crippen molar-refractivity contribution in [1.82, 2.24) is 9.97 Å². The third-order valence-electron chi connectivity index (χ3n) is 2.33. The van der Waals surface area contributed by atoms with Crippen molar-refractivity contribution in [2.24, 2.45) is 0 Å². The molecule has 2 rings (SSSR count). The molecule has 0 fully saturated rings. The summed E-state index contributed by atoms with van der Waals surface area (Å²) >= 11 is 0. The van der Waals surface area contributed by atoms with Gasteiger partial charge in [-0.3, -0.25) is 4.79 Å². The first-order valence-electron chi connectivity index (χ1n) is 5.43. The van der Waals surface area contributed by atoms with Gasteiger partial charge in [-0.1, -0.05) is 18.2 Å². The largest absolute Gasteiger partial charge is 0.487 e. The lowest BCUT2D eigenvalue weighted by atomic mass is 10.1. The van der Waals surface area contributed by atoms with Crippen molar-refractivity contribution in [2.45, 2.75) is 13.0 Å². The first-order chi connectivity index (χ1) is 8.75. The van der Waals surface area contributed by atoms with Crippen LogP contribution in [-0.2, 0) is 17.8 Å². The van der Waals surface area contributed by atoms with Gasteiger partial charge in [-0.2, -0.15) is 0 Å². The number of nitrogens with zero attached hydrogens (tertiary/aromatic N) is 2. The highest BCUT2D eigenvalue weighted by molar-refractivity contribution is 5.71. The van der Waals surface area contributed by atoms with Gasteiger partial charge >= 0.3 is 5.97 Å². The molecule has 1 aromatic heterocycles. The summed E-state index contributed by atoms with van der Waals surface area (Å²) in [6, 6.07) is 8.83. The average molecular weight is 244 g/mol. The van der Waals surface area contributed by atoms with Crippen LogP contribution in [0.25, 0.3) is 0 Å². The molecule has 18 heavy (non-hydrogen) atoms. The summed E-state index contributed by atoms with van der Waals surface area (Å²) in [5.74, 6) is -0.313. The van der Waals surface area contributed by atoms with Crippen LogP contribution in [0, 0.1) is 0 Å². The van der Waals surface area contributed by atoms with Crippen LogP contribution in [0.3, 0.4) is 0 Å². The minimum atomic E-state index is -0.881. The predicted molar refractivity (Wildman–Crippen MR) is 64.1 cm³/mol. The van der Waals surface area contributed by atoms with Gasteiger partial charge in [-0.15, -0.1) is 0 Å². The average Bonchev–Trinajstić information content (AvgIpc) is 2.38. The second-order valence-electron chi connectivity index (χ2n) is 3.67. The highest BCUT2D eigenvalue weighted by Gasteiger charge is 2.07. The summed E-state index contributed by atoms with van der Waals surface area (Å²) in [4.78, 5) is 18.6. The van der Waals surface area contributed by atoms with Crippen LogP contribution >= 0.6 is 0 Å². The summed E-state index contributed by atoms with van der Waals surface area (Å²) < 4.78 is 5.57. The Labute approximate surface area is 104 Å². The van der Waals surface area contributed by atoms with E-state index in [1.165, 1.54) is 6.33 Å². The molecular formula is C13H12N2O3. The van der Waals surface area contributed by atoms with Crippen LogP contribution in [-0.4, -0.2) is 21.0 Å². The van der Waals surface area contributed by atoms with Crippen LogP contribution in [0.15, 0.2) is 42.9 Å². The molecule has 0 bridgehead atoms. The molecule has 92 valence electrons. The van der Waals surface area contributed by atoms with E-state index in [9.17, 15) is 4.79 Å². The van der Waals surface area contributed by atoms with Crippen LogP contribution in [0.1, 0.15) is 11.3 Å². The van der Waals surface area contributed by atoms with E-state index >= 15 is 0 Å². The Kier molecular flexibility index (Phi) is 3.86. The van der Waals surface area contributed by atoms with Crippen molar-refractivity contribution >= 4 is 5.97 Å². The minimum absolute atomic E-state index is 0.0556. The quantitative estimate of drug-likeness (QED) is 0.866. The Bertz CT molecular complexity index is 529. The predicted octanol–water partition coefficient (Wildman–Crippen LogP) is 1.68. The molecule has 0 amide bonds. The summed E-state index contributed by atoms with van der Waals surface area (Å²) in [6.07, 6.45) is 3.02. The van der Waals surface area contributed by atoms with E-state index in [4.69, 9.17) is 9.84 Å². The highest BCUT2D eigenvalue weighted by Crippen LogP contribution is 2.19. The number of carboxylic acids is 1. The first-order valence-corrected chi connectivity index (χ1v) is 5.43. The molecule has 5 heteroatoms. The molecule has 2 aromatic rings. The fourth-order valence-corrected chi connectivity index (χ4v) is 1.51. The standard InChI is InChI=1S/C13H12N2O3/c16-13(17)7-10-3-1-2-4-12(10)18-8-11-5-6-14-9-15-11/h1-6,9H,7-8H2,(H,16,17). The van der Waals surface area contributed by atoms with Crippen molar-refractivity contribution in [3.63, 3.8) is 0 Å². The number of para-hydroxylation sites is 1. The van der Waals surface area contributed by atoms with Gasteiger partial charge < -0.3 is 9.84 Å². The fourth-order valence-electron chi connectivity index (χ4n) is 1.51. The topological polar surface area (TPSA) is 72.3 Å². The Morgan fingerprint density at radius 2 is 2.11 bits per heavy atom. The van der Waals surface area contributed by atoms with Crippen LogP contribution in [0.2, 0.25) is 0 Å². The van der Waals surface area contributed by atoms with Gasteiger partial charge in [0.2, 0.25) is 0 Å². The number of rotatable bonds is 5. The molecule has 0 unspecified atom stereocenters. The van der Waals surface area contributed by atoms with E-state index in [2.05, 4.69) is 9.97 Å². The molecule has 1 aromatic carbocycles. The molecule has 0 saturated carbocycles. The van der Waals surface area contributed by atoms with Gasteiger partial charge in [-0.05, 0) is 12.1 Å². The number of hydrogen-bond acceptors (Lipinski definition) is 4. The molecule has 0 aliphatic heterocycles. The van der Waals surface area contributed by atoms with Crippen molar-refractivity contribution in [3.8, 4) is 5.75 Å². The second kappa shape index (κ2) is 5.77. The van der Waals surface area contributed by atoms with Crippen molar-refractivity contribution in [2.75, 3.05) is 0 Å². The van der Waals surface area contributed by atoms with Crippen LogP contribution < -0.4 is 4.74 Å². The summed E-state index contributed by atoms with van der Waals surface area (Å²) in [5, 5.41) is 8.80. The van der Waals surface area contributed by atoms with Crippen molar-refractivity contribution in [1.29, 1.82) is 0 Å². The Morgan fingerprint density at radius 3 is 2.83 bits per heavy atom. The van der Waals surface area contributed by atoms with Crippen molar-refractivity contribution in [3.05, 3.63) is 54.1 Å². The number of carboxylic acid groups (broad SMARTS) is 1. The third kappa shape index (κ3) is 3.28. The lowest BCUT2D eigenvalue weighted by Gasteiger charge is -2.09. The third-order valence-corrected chi connectivity index (χ3v) is 2.33. The highest BCUT2D eigenvalue weighted by atomic mass is 16.5. The SMILES string of the molecule is O=C(O)Cc1ccccc1OCc1ccncn1. The number of benzene rings is 1. The number of hydrogen-bond donors (Lipinski definition) is 1. The first kappa shape index (κ1) is 12.0. The van der Waals surface area contributed by atoms with Gasteiger partial charge in [0.05, 0.1) is 12.1 Å². The van der Waals surface area contributed by atoms with E-state index in [1.807, 2.05) is 0 Å². The maximum absolute atomic E-state index is 10.7. The molecule has 0 atom stereocenters. The monoisotopic (exact) mass is 244 g/mol. The van der Waals surface area contributed by atoms with E-state index in [0.29, 0.717) is 17.9 Å². The Hall–Kier alpha value is -2.43. The fraction of sp³-hybridized carbons (Fsp3) is 0.154. The Morgan fingerprint density at radius 1 is 1.28 bits per heavy atom. The molecule has 5 nitrogen and oxygen atoms in total. The van der Waals surface area contributed by atoms with E-state index < -0.39 is 5.97 Å². The summed E-state index contributed by atoms with van der Waals surface area (Å²) in [6.45, 7) is 0.291. The normalized spacial score (nSPS) is 10.0. The summed E-state index contributed by atoms with van der Waals surface area (Å²) in [5.41, 5.74) is 1.40. The van der Waals surface area contributed by atoms with Gasteiger partial charge in [-0.25, -0.2) is 9.97 Å². The number of carbonyl (C=O) groups is 1. The van der Waals surface area contributed by atoms with Gasteiger partial charge in [0.25, 0.3) is 0 Å². The molecule has 0 aliphatic carbocycles. The van der Waals surface area contributed by atoms with E-state index in [1.54, 1.807) is 36.5 Å². The number of aliphatic carboxylic acids is 1. The maximum atomic E-state index is 10.7. The van der Waals surface area contributed by atoms with Crippen LogP contribution in [0.5, 0.6) is 5.75 Å². The zero-order chi connectivity index (χ0) is 12.8. The lowest BCUT2D eigenvalue weighted by molar-refractivity contribution is -0.136. The minimum Gasteiger partial charge on any atom is -0.487 e. The molecular weight excluding hydrogens is 232 g/mol. The molecule has 0 spiro atoms. The molecule has 0 radical (unpaired) electrons. The Balaban J connectivity index is 2.07. The molecule has 1 N–H and O–H groups in total. The maximum Gasteiger partial charge on any atom is 0.307 e. The van der Waals surface area contributed by atoms with E-state index in [0.717, 1.165) is 5.69 Å². The smallest absolute Gasteiger partial charge is 0.307 e. The zero-order valence-electron chi connectivity index (χ0n) is 9.61. The zero-order valence-corrected chi connectivity index (χ0v) is 9.61. The van der Waals surface area contributed by atoms with Gasteiger partial charge in [0, 0.05) is 11.8 Å². The summed E-state index contributed by atoms with van der Waals surface area (Å²) in [7, 11) is 0. The second-order valence-corrected chi connectivity index (χ2v) is 3.67. The number of aromatic nitrogens is 2. The van der Waals surface area contributed by atoms with Crippen LogP contribution in [0.4, 0.5) is 0 Å². The molecule has 0 saturated heterocycles. The lowest BCUT2D eigenvalue weighted by Crippen LogP contribution is -2.04. The molecule has 1 heterocycles. The van der Waals surface area contributed by atoms with Crippen molar-refractivity contribution < 1.29 is 14.6 Å². The van der Waals surface area contributed by atoms with E-state index in [-0.39, 0.29) is 6.42 Å². The van der Waals surface area contributed by atoms with Gasteiger partial charge in [0.15, 0.2) is 0 Å². The molecule has 0 aliphatic rings. The number of ether oxygens (including phenoxy) is 1. The van der Waals surface area contributed by atoms with Gasteiger partial charge in [0.1, 0.15) is 18.7 Å².